The van der Waals surface area contributed by atoms with Gasteiger partial charge in [0.05, 0.1) is 0 Å². The monoisotopic (exact) mass is 389 g/mol. The maximum atomic E-state index is 5.07. The Balaban J connectivity index is 1.58. The Morgan fingerprint density at radius 2 is 1.93 bits per heavy atom. The van der Waals surface area contributed by atoms with Gasteiger partial charge in [-0.15, -0.1) is 0 Å². The number of unbranched alkanes of at least 4 members (excludes halogenated alkanes) is 1. The molecule has 0 aliphatic carbocycles. The predicted octanol–water partition coefficient (Wildman–Crippen LogP) is 2.49. The second kappa shape index (κ2) is 13.4. The summed E-state index contributed by atoms with van der Waals surface area (Å²) in [5.74, 6) is 0.922. The molecule has 1 aromatic rings. The summed E-state index contributed by atoms with van der Waals surface area (Å²) in [5, 5.41) is 6.75. The fourth-order valence-electron chi connectivity index (χ4n) is 3.46. The van der Waals surface area contributed by atoms with Crippen molar-refractivity contribution in [2.45, 2.75) is 33.1 Å². The summed E-state index contributed by atoms with van der Waals surface area (Å²) in [6.45, 7) is 13.4. The first-order valence-electron chi connectivity index (χ1n) is 10.8. The van der Waals surface area contributed by atoms with Crippen molar-refractivity contribution in [1.29, 1.82) is 0 Å². The second-order valence-corrected chi connectivity index (χ2v) is 7.41. The minimum atomic E-state index is 0.764. The van der Waals surface area contributed by atoms with Gasteiger partial charge in [-0.05, 0) is 57.4 Å². The fraction of sp³-hybridized carbons (Fsp3) is 0.682. The van der Waals surface area contributed by atoms with Crippen molar-refractivity contribution < 1.29 is 4.74 Å². The van der Waals surface area contributed by atoms with Crippen LogP contribution in [-0.4, -0.2) is 76.9 Å². The molecule has 0 saturated carbocycles. The number of nitrogens with one attached hydrogen (secondary N) is 2. The van der Waals surface area contributed by atoms with E-state index in [1.807, 2.05) is 0 Å². The molecule has 2 N–H and O–H groups in total. The topological polar surface area (TPSA) is 52.1 Å². The van der Waals surface area contributed by atoms with Gasteiger partial charge in [-0.3, -0.25) is 9.89 Å². The molecule has 28 heavy (non-hydrogen) atoms. The maximum Gasteiger partial charge on any atom is 0.191 e. The summed E-state index contributed by atoms with van der Waals surface area (Å²) in [6.07, 6.45) is 3.35. The molecule has 6 heteroatoms. The van der Waals surface area contributed by atoms with E-state index in [-0.39, 0.29) is 0 Å². The van der Waals surface area contributed by atoms with Gasteiger partial charge in [0.2, 0.25) is 0 Å². The number of aliphatic imine (C=N–C) groups is 1. The molecule has 0 radical (unpaired) electrons. The van der Waals surface area contributed by atoms with Crippen molar-refractivity contribution in [3.63, 3.8) is 0 Å². The van der Waals surface area contributed by atoms with Crippen molar-refractivity contribution in [3.8, 4) is 0 Å². The molecule has 0 atom stereocenters. The maximum absolute atomic E-state index is 5.07. The zero-order chi connectivity index (χ0) is 20.0. The summed E-state index contributed by atoms with van der Waals surface area (Å²) in [6, 6.07) is 8.85. The lowest BCUT2D eigenvalue weighted by Crippen LogP contribution is -2.46. The number of aryl methyl sites for hydroxylation is 1. The average Bonchev–Trinajstić information content (AvgIpc) is 2.71. The summed E-state index contributed by atoms with van der Waals surface area (Å²) in [5.41, 5.74) is 2.70. The van der Waals surface area contributed by atoms with E-state index in [2.05, 4.69) is 63.5 Å². The highest BCUT2D eigenvalue weighted by Gasteiger charge is 2.16. The van der Waals surface area contributed by atoms with E-state index in [9.17, 15) is 0 Å². The third-order valence-electron chi connectivity index (χ3n) is 5.05. The summed E-state index contributed by atoms with van der Waals surface area (Å²) >= 11 is 0. The van der Waals surface area contributed by atoms with Crippen molar-refractivity contribution in [2.75, 3.05) is 71.0 Å². The number of ether oxygens (including phenoxy) is 1. The number of rotatable bonds is 11. The van der Waals surface area contributed by atoms with Crippen LogP contribution in [0.25, 0.3) is 0 Å². The van der Waals surface area contributed by atoms with Crippen LogP contribution in [0.1, 0.15) is 31.7 Å². The second-order valence-electron chi connectivity index (χ2n) is 7.41. The Bertz CT molecular complexity index is 570. The lowest BCUT2D eigenvalue weighted by molar-refractivity contribution is 0.197. The molecule has 2 rings (SSSR count). The van der Waals surface area contributed by atoms with Gasteiger partial charge in [0.25, 0.3) is 0 Å². The number of piperazine rings is 1. The minimum Gasteiger partial charge on any atom is -0.385 e. The van der Waals surface area contributed by atoms with E-state index in [1.165, 1.54) is 30.6 Å². The van der Waals surface area contributed by atoms with E-state index >= 15 is 0 Å². The Morgan fingerprint density at radius 1 is 1.11 bits per heavy atom. The van der Waals surface area contributed by atoms with E-state index < -0.39 is 0 Å². The number of guanidine groups is 1. The molecule has 1 aliphatic heterocycles. The predicted molar refractivity (Wildman–Crippen MR) is 120 cm³/mol. The molecule has 0 bridgehead atoms. The minimum absolute atomic E-state index is 0.764. The van der Waals surface area contributed by atoms with Crippen LogP contribution in [0.3, 0.4) is 0 Å². The molecule has 0 spiro atoms. The first-order valence-corrected chi connectivity index (χ1v) is 10.8. The van der Waals surface area contributed by atoms with Crippen LogP contribution in [0.4, 0.5) is 5.69 Å². The number of nitrogens with zero attached hydrogens (tertiary/aromatic N) is 3. The molecule has 6 nitrogen and oxygen atoms in total. The van der Waals surface area contributed by atoms with Gasteiger partial charge < -0.3 is 20.3 Å². The molecule has 1 fully saturated rings. The third kappa shape index (κ3) is 8.48. The van der Waals surface area contributed by atoms with Crippen LogP contribution in [0.15, 0.2) is 29.3 Å². The molecule has 0 aromatic heterocycles. The van der Waals surface area contributed by atoms with Gasteiger partial charge in [-0.1, -0.05) is 12.1 Å². The Kier molecular flexibility index (Phi) is 10.8. The normalized spacial score (nSPS) is 15.7. The third-order valence-corrected chi connectivity index (χ3v) is 5.05. The van der Waals surface area contributed by atoms with Crippen LogP contribution in [-0.2, 0) is 4.74 Å². The molecule has 158 valence electrons. The highest BCUT2D eigenvalue weighted by molar-refractivity contribution is 5.79. The lowest BCUT2D eigenvalue weighted by Gasteiger charge is -2.36. The van der Waals surface area contributed by atoms with Crippen LogP contribution in [0, 0.1) is 6.92 Å². The Morgan fingerprint density at radius 3 is 2.64 bits per heavy atom. The fourth-order valence-corrected chi connectivity index (χ4v) is 3.46. The summed E-state index contributed by atoms with van der Waals surface area (Å²) in [4.78, 5) is 9.68. The summed E-state index contributed by atoms with van der Waals surface area (Å²) < 4.78 is 5.07. The van der Waals surface area contributed by atoms with Crippen LogP contribution >= 0.6 is 0 Å². The largest absolute Gasteiger partial charge is 0.385 e. The standard InChI is InChI=1S/C22H39N5O/c1-4-23-22(25-12-8-18-28-3)24-11-5-6-13-26-14-16-27(17-15-26)21-10-7-9-20(2)19-21/h7,9-10,19H,4-6,8,11-18H2,1-3H3,(H2,23,24,25). The zero-order valence-corrected chi connectivity index (χ0v) is 18.0. The molecule has 0 amide bonds. The number of hydrogen-bond donors (Lipinski definition) is 2. The molecule has 0 unspecified atom stereocenters. The quantitative estimate of drug-likeness (QED) is 0.346. The molecule has 1 aromatic carbocycles. The first-order chi connectivity index (χ1) is 13.7. The van der Waals surface area contributed by atoms with E-state index in [0.717, 1.165) is 64.8 Å². The molecule has 1 heterocycles. The van der Waals surface area contributed by atoms with Crippen LogP contribution in [0.2, 0.25) is 0 Å². The molecular weight excluding hydrogens is 350 g/mol. The van der Waals surface area contributed by atoms with E-state index in [1.54, 1.807) is 7.11 Å². The number of benzene rings is 1. The number of anilines is 1. The van der Waals surface area contributed by atoms with Gasteiger partial charge >= 0.3 is 0 Å². The van der Waals surface area contributed by atoms with Gasteiger partial charge in [0.15, 0.2) is 5.96 Å². The SMILES string of the molecule is CCNC(=NCCCOC)NCCCCN1CCN(c2cccc(C)c2)CC1. The average molecular weight is 390 g/mol. The van der Waals surface area contributed by atoms with E-state index in [4.69, 9.17) is 4.74 Å². The number of hydrogen-bond acceptors (Lipinski definition) is 4. The van der Waals surface area contributed by atoms with E-state index in [0.29, 0.717) is 0 Å². The van der Waals surface area contributed by atoms with Crippen molar-refractivity contribution in [1.82, 2.24) is 15.5 Å². The van der Waals surface area contributed by atoms with Crippen LogP contribution in [0.5, 0.6) is 0 Å². The van der Waals surface area contributed by atoms with Gasteiger partial charge in [-0.2, -0.15) is 0 Å². The zero-order valence-electron chi connectivity index (χ0n) is 18.0. The van der Waals surface area contributed by atoms with Crippen LogP contribution < -0.4 is 15.5 Å². The smallest absolute Gasteiger partial charge is 0.191 e. The summed E-state index contributed by atoms with van der Waals surface area (Å²) in [7, 11) is 1.73. The highest BCUT2D eigenvalue weighted by atomic mass is 16.5. The van der Waals surface area contributed by atoms with Crippen molar-refractivity contribution in [2.24, 2.45) is 4.99 Å². The van der Waals surface area contributed by atoms with Gasteiger partial charge in [0, 0.05) is 65.2 Å². The Labute approximate surface area is 171 Å². The first kappa shape index (κ1) is 22.5. The Hall–Kier alpha value is -1.79. The molecule has 1 saturated heterocycles. The molecule has 1 aliphatic rings. The highest BCUT2D eigenvalue weighted by Crippen LogP contribution is 2.17. The number of methoxy groups -OCH3 is 1. The lowest BCUT2D eigenvalue weighted by atomic mass is 10.2. The van der Waals surface area contributed by atoms with Gasteiger partial charge in [0.1, 0.15) is 0 Å². The van der Waals surface area contributed by atoms with Crippen molar-refractivity contribution in [3.05, 3.63) is 29.8 Å². The molecular formula is C22H39N5O. The van der Waals surface area contributed by atoms with Crippen molar-refractivity contribution >= 4 is 11.6 Å². The van der Waals surface area contributed by atoms with Gasteiger partial charge in [-0.25, -0.2) is 0 Å².